The van der Waals surface area contributed by atoms with E-state index >= 15 is 0 Å². The summed E-state index contributed by atoms with van der Waals surface area (Å²) in [6.07, 6.45) is 3.38. The minimum Gasteiger partial charge on any atom is -0.475 e. The van der Waals surface area contributed by atoms with Gasteiger partial charge in [-0.1, -0.05) is 27.7 Å². The Hall–Kier alpha value is -1.62. The van der Waals surface area contributed by atoms with Gasteiger partial charge in [-0.2, -0.15) is 0 Å². The van der Waals surface area contributed by atoms with Crippen LogP contribution >= 0.6 is 0 Å². The molecular weight excluding hydrogens is 242 g/mol. The van der Waals surface area contributed by atoms with E-state index in [9.17, 15) is 0 Å². The van der Waals surface area contributed by atoms with Crippen LogP contribution in [0.3, 0.4) is 0 Å². The van der Waals surface area contributed by atoms with E-state index in [-0.39, 0.29) is 0 Å². The molecular formula is C14H25N3O2. The second-order valence-electron chi connectivity index (χ2n) is 3.22. The van der Waals surface area contributed by atoms with Crippen molar-refractivity contribution >= 4 is 11.0 Å². The van der Waals surface area contributed by atoms with E-state index in [1.165, 1.54) is 6.33 Å². The highest BCUT2D eigenvalue weighted by Crippen LogP contribution is 2.23. The molecule has 0 saturated carbocycles. The Kier molecular flexibility index (Phi) is 9.44. The van der Waals surface area contributed by atoms with Crippen molar-refractivity contribution < 1.29 is 9.47 Å². The van der Waals surface area contributed by atoms with Gasteiger partial charge in [0.15, 0.2) is 0 Å². The second kappa shape index (κ2) is 10.3. The summed E-state index contributed by atoms with van der Waals surface area (Å²) in [5.74, 6) is 0.607. The Morgan fingerprint density at radius 1 is 1.11 bits per heavy atom. The van der Waals surface area contributed by atoms with Crippen LogP contribution in [-0.4, -0.2) is 35.3 Å². The molecule has 19 heavy (non-hydrogen) atoms. The van der Waals surface area contributed by atoms with E-state index in [1.54, 1.807) is 7.11 Å². The minimum atomic E-state index is 0.493. The largest absolute Gasteiger partial charge is 0.475 e. The Labute approximate surface area is 115 Å². The van der Waals surface area contributed by atoms with Gasteiger partial charge in [-0.25, -0.2) is 9.97 Å². The standard InChI is InChI=1S/C10H13N3O2.2C2H6/c1-7-5-11-9-8(7)10(13-6-12-9)15-4-3-14-2;2*1-2/h5-6H,3-4H2,1-2H3,(H,11,12,13);2*1-2H3. The highest BCUT2D eigenvalue weighted by atomic mass is 16.5. The Morgan fingerprint density at radius 3 is 2.42 bits per heavy atom. The minimum absolute atomic E-state index is 0.493. The molecule has 0 bridgehead atoms. The number of aryl methyl sites for hydroxylation is 1. The molecule has 0 radical (unpaired) electrons. The van der Waals surface area contributed by atoms with Crippen molar-refractivity contribution in [1.29, 1.82) is 0 Å². The third-order valence-corrected chi connectivity index (χ3v) is 2.16. The molecule has 5 heteroatoms. The van der Waals surface area contributed by atoms with Gasteiger partial charge in [0.1, 0.15) is 18.6 Å². The fourth-order valence-electron chi connectivity index (χ4n) is 1.41. The Bertz CT molecular complexity index is 455. The van der Waals surface area contributed by atoms with E-state index in [1.807, 2.05) is 40.8 Å². The summed E-state index contributed by atoms with van der Waals surface area (Å²) in [7, 11) is 1.64. The molecule has 2 rings (SSSR count). The molecule has 1 N–H and O–H groups in total. The number of H-pyrrole nitrogens is 1. The van der Waals surface area contributed by atoms with Gasteiger partial charge in [-0.3, -0.25) is 0 Å². The van der Waals surface area contributed by atoms with Crippen LogP contribution < -0.4 is 4.74 Å². The fourth-order valence-corrected chi connectivity index (χ4v) is 1.41. The zero-order valence-corrected chi connectivity index (χ0v) is 12.8. The number of fused-ring (bicyclic) bond motifs is 1. The predicted molar refractivity (Wildman–Crippen MR) is 78.7 cm³/mol. The van der Waals surface area contributed by atoms with Gasteiger partial charge in [0, 0.05) is 13.3 Å². The van der Waals surface area contributed by atoms with Crippen molar-refractivity contribution in [2.45, 2.75) is 34.6 Å². The summed E-state index contributed by atoms with van der Waals surface area (Å²) in [6.45, 7) is 11.0. The molecule has 0 saturated heterocycles. The van der Waals surface area contributed by atoms with E-state index in [4.69, 9.17) is 9.47 Å². The lowest BCUT2D eigenvalue weighted by Gasteiger charge is -2.05. The van der Waals surface area contributed by atoms with E-state index < -0.39 is 0 Å². The highest BCUT2D eigenvalue weighted by Gasteiger charge is 2.08. The average Bonchev–Trinajstić information content (AvgIpc) is 2.86. The zero-order chi connectivity index (χ0) is 14.7. The lowest BCUT2D eigenvalue weighted by atomic mass is 10.3. The molecule has 0 aliphatic rings. The average molecular weight is 267 g/mol. The van der Waals surface area contributed by atoms with E-state index in [0.29, 0.717) is 19.1 Å². The Morgan fingerprint density at radius 2 is 1.79 bits per heavy atom. The van der Waals surface area contributed by atoms with E-state index in [0.717, 1.165) is 16.6 Å². The third-order valence-electron chi connectivity index (χ3n) is 2.16. The lowest BCUT2D eigenvalue weighted by molar-refractivity contribution is 0.144. The van der Waals surface area contributed by atoms with Crippen LogP contribution in [-0.2, 0) is 4.74 Å². The van der Waals surface area contributed by atoms with Gasteiger partial charge < -0.3 is 14.5 Å². The van der Waals surface area contributed by atoms with Crippen molar-refractivity contribution in [2.24, 2.45) is 0 Å². The number of ether oxygens (including phenoxy) is 2. The maximum Gasteiger partial charge on any atom is 0.226 e. The maximum atomic E-state index is 5.50. The molecule has 2 aromatic heterocycles. The number of nitrogens with one attached hydrogen (secondary N) is 1. The quantitative estimate of drug-likeness (QED) is 0.863. The van der Waals surface area contributed by atoms with Crippen molar-refractivity contribution in [3.63, 3.8) is 0 Å². The zero-order valence-electron chi connectivity index (χ0n) is 12.8. The van der Waals surface area contributed by atoms with Crippen LogP contribution in [0.15, 0.2) is 12.5 Å². The Balaban J connectivity index is 0.000000741. The van der Waals surface area contributed by atoms with Gasteiger partial charge in [0.2, 0.25) is 5.88 Å². The molecule has 0 unspecified atom stereocenters. The van der Waals surface area contributed by atoms with Gasteiger partial charge in [0.05, 0.1) is 12.0 Å². The normalized spacial score (nSPS) is 9.16. The number of aromatic nitrogens is 3. The van der Waals surface area contributed by atoms with Gasteiger partial charge >= 0.3 is 0 Å². The number of aromatic amines is 1. The summed E-state index contributed by atoms with van der Waals surface area (Å²) in [5, 5.41) is 0.939. The topological polar surface area (TPSA) is 60.0 Å². The highest BCUT2D eigenvalue weighted by molar-refractivity contribution is 5.84. The number of hydrogen-bond acceptors (Lipinski definition) is 4. The summed E-state index contributed by atoms with van der Waals surface area (Å²) >= 11 is 0. The van der Waals surface area contributed by atoms with Crippen molar-refractivity contribution in [2.75, 3.05) is 20.3 Å². The first-order chi connectivity index (χ1) is 9.33. The molecule has 2 aromatic rings. The first kappa shape index (κ1) is 17.4. The molecule has 0 spiro atoms. The van der Waals surface area contributed by atoms with Gasteiger partial charge in [-0.15, -0.1) is 0 Å². The van der Waals surface area contributed by atoms with Crippen molar-refractivity contribution in [3.8, 4) is 5.88 Å². The molecule has 2 heterocycles. The van der Waals surface area contributed by atoms with Crippen LogP contribution in [0.25, 0.3) is 11.0 Å². The number of methoxy groups -OCH3 is 1. The lowest BCUT2D eigenvalue weighted by Crippen LogP contribution is -2.05. The van der Waals surface area contributed by atoms with Crippen LogP contribution in [0.4, 0.5) is 0 Å². The number of hydrogen-bond donors (Lipinski definition) is 1. The van der Waals surface area contributed by atoms with Crippen LogP contribution in [0.5, 0.6) is 5.88 Å². The molecule has 0 atom stereocenters. The number of rotatable bonds is 4. The van der Waals surface area contributed by atoms with E-state index in [2.05, 4.69) is 15.0 Å². The molecule has 0 fully saturated rings. The van der Waals surface area contributed by atoms with Crippen LogP contribution in [0, 0.1) is 6.92 Å². The van der Waals surface area contributed by atoms with Crippen LogP contribution in [0.1, 0.15) is 33.3 Å². The second-order valence-corrected chi connectivity index (χ2v) is 3.22. The summed E-state index contributed by atoms with van der Waals surface area (Å²) in [6, 6.07) is 0. The maximum absolute atomic E-state index is 5.50. The third kappa shape index (κ3) is 4.87. The molecule has 0 aromatic carbocycles. The molecule has 108 valence electrons. The predicted octanol–water partition coefficient (Wildman–Crippen LogP) is 3.34. The molecule has 0 aliphatic carbocycles. The smallest absolute Gasteiger partial charge is 0.226 e. The molecule has 0 amide bonds. The monoisotopic (exact) mass is 267 g/mol. The van der Waals surface area contributed by atoms with Crippen LogP contribution in [0.2, 0.25) is 0 Å². The van der Waals surface area contributed by atoms with Crippen molar-refractivity contribution in [3.05, 3.63) is 18.1 Å². The first-order valence-corrected chi connectivity index (χ1v) is 6.73. The number of nitrogens with zero attached hydrogens (tertiary/aromatic N) is 2. The van der Waals surface area contributed by atoms with Gasteiger partial charge in [0.25, 0.3) is 0 Å². The molecule has 5 nitrogen and oxygen atoms in total. The fraction of sp³-hybridized carbons (Fsp3) is 0.571. The van der Waals surface area contributed by atoms with Gasteiger partial charge in [-0.05, 0) is 12.5 Å². The summed E-state index contributed by atoms with van der Waals surface area (Å²) in [5.41, 5.74) is 1.88. The summed E-state index contributed by atoms with van der Waals surface area (Å²) < 4.78 is 10.4. The molecule has 0 aliphatic heterocycles. The first-order valence-electron chi connectivity index (χ1n) is 6.73. The van der Waals surface area contributed by atoms with Crippen molar-refractivity contribution in [1.82, 2.24) is 15.0 Å². The summed E-state index contributed by atoms with van der Waals surface area (Å²) in [4.78, 5) is 11.3. The SMILES string of the molecule is CC.CC.COCCOc1ncnc2[nH]cc(C)c12.